The van der Waals surface area contributed by atoms with E-state index < -0.39 is 5.82 Å². The summed E-state index contributed by atoms with van der Waals surface area (Å²) >= 11 is 5.94. The summed E-state index contributed by atoms with van der Waals surface area (Å²) in [7, 11) is 0. The summed E-state index contributed by atoms with van der Waals surface area (Å²) in [5.41, 5.74) is 6.07. The van der Waals surface area contributed by atoms with E-state index in [-0.39, 0.29) is 25.5 Å². The fraction of sp³-hybridized carbons (Fsp3) is 0.250. The van der Waals surface area contributed by atoms with Gasteiger partial charge in [-0.3, -0.25) is 4.79 Å². The van der Waals surface area contributed by atoms with Crippen molar-refractivity contribution in [1.29, 1.82) is 0 Å². The number of hydrogen-bond donors (Lipinski definition) is 2. The van der Waals surface area contributed by atoms with Gasteiger partial charge in [0.1, 0.15) is 11.5 Å². The summed E-state index contributed by atoms with van der Waals surface area (Å²) in [6.45, 7) is 0.309. The molecule has 3 N–H and O–H groups in total. The average Bonchev–Trinajstić information content (AvgIpc) is 2.88. The minimum atomic E-state index is -0.397. The lowest BCUT2D eigenvalue weighted by atomic mass is 10.2. The second-order valence-electron chi connectivity index (χ2n) is 4.09. The number of aromatic nitrogens is 3. The fourth-order valence-electron chi connectivity index (χ4n) is 1.60. The van der Waals surface area contributed by atoms with Crippen LogP contribution >= 0.6 is 11.6 Å². The van der Waals surface area contributed by atoms with E-state index in [4.69, 9.17) is 17.3 Å². The van der Waals surface area contributed by atoms with Gasteiger partial charge < -0.3 is 11.1 Å². The molecule has 6 nitrogen and oxygen atoms in total. The van der Waals surface area contributed by atoms with Gasteiger partial charge in [0.05, 0.1) is 25.8 Å². The predicted molar refractivity (Wildman–Crippen MR) is 71.4 cm³/mol. The summed E-state index contributed by atoms with van der Waals surface area (Å²) in [6.07, 6.45) is 1.61. The van der Waals surface area contributed by atoms with Crippen LogP contribution in [-0.4, -0.2) is 27.4 Å². The molecular weight excluding hydrogens is 285 g/mol. The number of nitrogens with one attached hydrogen (secondary N) is 1. The largest absolute Gasteiger partial charge is 0.349 e. The van der Waals surface area contributed by atoms with E-state index in [0.717, 1.165) is 0 Å². The second-order valence-corrected chi connectivity index (χ2v) is 4.50. The Bertz CT molecular complexity index is 595. The number of nitrogens with zero attached hydrogens (tertiary/aromatic N) is 3. The molecular formula is C12H13ClFN5O. The van der Waals surface area contributed by atoms with Gasteiger partial charge in [-0.2, -0.15) is 0 Å². The first-order chi connectivity index (χ1) is 9.60. The van der Waals surface area contributed by atoms with Crippen molar-refractivity contribution in [3.63, 3.8) is 0 Å². The number of carbonyl (C=O) groups is 1. The summed E-state index contributed by atoms with van der Waals surface area (Å²) in [4.78, 5) is 11.0. The Labute approximate surface area is 119 Å². The molecule has 0 aliphatic carbocycles. The summed E-state index contributed by atoms with van der Waals surface area (Å²) in [6, 6.07) is 4.48. The number of amides is 1. The number of carbonyl (C=O) groups excluding carboxylic acids is 1. The first kappa shape index (κ1) is 14.4. The lowest BCUT2D eigenvalue weighted by Gasteiger charge is -2.04. The highest BCUT2D eigenvalue weighted by molar-refractivity contribution is 6.31. The maximum atomic E-state index is 13.6. The monoisotopic (exact) mass is 297 g/mol. The Morgan fingerprint density at radius 3 is 3.00 bits per heavy atom. The topological polar surface area (TPSA) is 85.8 Å². The van der Waals surface area contributed by atoms with E-state index in [9.17, 15) is 9.18 Å². The molecule has 0 saturated carbocycles. The average molecular weight is 298 g/mol. The molecule has 0 radical (unpaired) electrons. The molecule has 0 spiro atoms. The van der Waals surface area contributed by atoms with E-state index in [2.05, 4.69) is 15.6 Å². The lowest BCUT2D eigenvalue weighted by Crippen LogP contribution is -2.29. The van der Waals surface area contributed by atoms with Crippen LogP contribution in [0.15, 0.2) is 24.4 Å². The summed E-state index contributed by atoms with van der Waals surface area (Å²) in [5, 5.41) is 10.6. The molecule has 20 heavy (non-hydrogen) atoms. The third-order valence-electron chi connectivity index (χ3n) is 2.62. The number of halogens is 2. The smallest absolute Gasteiger partial charge is 0.234 e. The highest BCUT2D eigenvalue weighted by Crippen LogP contribution is 2.19. The zero-order valence-corrected chi connectivity index (χ0v) is 11.3. The number of nitrogens with two attached hydrogens (primary N) is 1. The van der Waals surface area contributed by atoms with E-state index in [1.54, 1.807) is 12.3 Å². The molecule has 0 atom stereocenters. The first-order valence-electron chi connectivity index (χ1n) is 5.89. The van der Waals surface area contributed by atoms with Gasteiger partial charge in [0.15, 0.2) is 0 Å². The van der Waals surface area contributed by atoms with Gasteiger partial charge >= 0.3 is 0 Å². The number of rotatable bonds is 5. The summed E-state index contributed by atoms with van der Waals surface area (Å²) in [5.74, 6) is -0.678. The number of benzene rings is 1. The standard InChI is InChI=1S/C12H13ClFN5O/c13-10-2-1-3-11(14)9(10)7-19-6-8(17-18-19)5-16-12(20)4-15/h1-3,6H,4-5,7,15H2,(H,16,20). The number of hydrogen-bond acceptors (Lipinski definition) is 4. The van der Waals surface area contributed by atoms with Crippen LogP contribution in [0.2, 0.25) is 5.02 Å². The van der Waals surface area contributed by atoms with Crippen LogP contribution < -0.4 is 11.1 Å². The van der Waals surface area contributed by atoms with Gasteiger partial charge in [0.25, 0.3) is 0 Å². The van der Waals surface area contributed by atoms with Crippen molar-refractivity contribution in [3.8, 4) is 0 Å². The van der Waals surface area contributed by atoms with Crippen molar-refractivity contribution >= 4 is 17.5 Å². The van der Waals surface area contributed by atoms with Crippen LogP contribution in [0.25, 0.3) is 0 Å². The summed E-state index contributed by atoms with van der Waals surface area (Å²) < 4.78 is 15.1. The van der Waals surface area contributed by atoms with Crippen LogP contribution in [0, 0.1) is 5.82 Å². The molecule has 2 rings (SSSR count). The van der Waals surface area contributed by atoms with Crippen LogP contribution in [0.3, 0.4) is 0 Å². The van der Waals surface area contributed by atoms with E-state index in [0.29, 0.717) is 16.3 Å². The molecule has 0 aliphatic heterocycles. The SMILES string of the molecule is NCC(=O)NCc1cn(Cc2c(F)cccc2Cl)nn1. The second kappa shape index (κ2) is 6.44. The maximum absolute atomic E-state index is 13.6. The third-order valence-corrected chi connectivity index (χ3v) is 2.97. The van der Waals surface area contributed by atoms with Crippen LogP contribution in [-0.2, 0) is 17.9 Å². The van der Waals surface area contributed by atoms with Crippen LogP contribution in [0.5, 0.6) is 0 Å². The molecule has 2 aromatic rings. The zero-order chi connectivity index (χ0) is 14.5. The van der Waals surface area contributed by atoms with Crippen molar-refractivity contribution in [3.05, 3.63) is 46.5 Å². The van der Waals surface area contributed by atoms with Gasteiger partial charge in [0.2, 0.25) is 5.91 Å². The van der Waals surface area contributed by atoms with Gasteiger partial charge in [0, 0.05) is 10.6 Å². The maximum Gasteiger partial charge on any atom is 0.234 e. The molecule has 0 bridgehead atoms. The minimum absolute atomic E-state index is 0.0844. The highest BCUT2D eigenvalue weighted by atomic mass is 35.5. The first-order valence-corrected chi connectivity index (χ1v) is 6.26. The normalized spacial score (nSPS) is 10.6. The third kappa shape index (κ3) is 3.52. The van der Waals surface area contributed by atoms with E-state index in [1.807, 2.05) is 0 Å². The molecule has 1 aromatic heterocycles. The van der Waals surface area contributed by atoms with Crippen molar-refractivity contribution in [2.75, 3.05) is 6.54 Å². The van der Waals surface area contributed by atoms with E-state index >= 15 is 0 Å². The molecule has 8 heteroatoms. The Balaban J connectivity index is 2.04. The van der Waals surface area contributed by atoms with Gasteiger partial charge in [-0.1, -0.05) is 22.9 Å². The highest BCUT2D eigenvalue weighted by Gasteiger charge is 2.09. The molecule has 1 aromatic carbocycles. The Kier molecular flexibility index (Phi) is 4.65. The Morgan fingerprint density at radius 1 is 1.50 bits per heavy atom. The van der Waals surface area contributed by atoms with Gasteiger partial charge in [-0.05, 0) is 12.1 Å². The molecule has 0 fully saturated rings. The molecule has 0 saturated heterocycles. The van der Waals surface area contributed by atoms with Gasteiger partial charge in [-0.15, -0.1) is 5.10 Å². The van der Waals surface area contributed by atoms with Gasteiger partial charge in [-0.25, -0.2) is 9.07 Å². The van der Waals surface area contributed by atoms with Crippen molar-refractivity contribution in [1.82, 2.24) is 20.3 Å². The van der Waals surface area contributed by atoms with E-state index in [1.165, 1.54) is 16.8 Å². The molecule has 0 unspecified atom stereocenters. The molecule has 106 valence electrons. The van der Waals surface area contributed by atoms with Crippen molar-refractivity contribution in [2.24, 2.45) is 5.73 Å². The van der Waals surface area contributed by atoms with Crippen molar-refractivity contribution < 1.29 is 9.18 Å². The quantitative estimate of drug-likeness (QED) is 0.850. The predicted octanol–water partition coefficient (Wildman–Crippen LogP) is 0.694. The lowest BCUT2D eigenvalue weighted by molar-refractivity contribution is -0.119. The van der Waals surface area contributed by atoms with Crippen molar-refractivity contribution in [2.45, 2.75) is 13.1 Å². The van der Waals surface area contributed by atoms with Crippen LogP contribution in [0.4, 0.5) is 4.39 Å². The molecule has 0 aliphatic rings. The van der Waals surface area contributed by atoms with Crippen LogP contribution in [0.1, 0.15) is 11.3 Å². The zero-order valence-electron chi connectivity index (χ0n) is 10.5. The molecule has 1 heterocycles. The Morgan fingerprint density at radius 2 is 2.30 bits per heavy atom. The minimum Gasteiger partial charge on any atom is -0.349 e. The fourth-order valence-corrected chi connectivity index (χ4v) is 1.83. The molecule has 1 amide bonds. The Hall–Kier alpha value is -1.99.